The van der Waals surface area contributed by atoms with Crippen molar-refractivity contribution in [3.8, 4) is 0 Å². The molecule has 2 bridgehead atoms. The quantitative estimate of drug-likeness (QED) is 0.251. The molecule has 0 spiro atoms. The van der Waals surface area contributed by atoms with Crippen LogP contribution in [0.2, 0.25) is 0 Å². The third-order valence-corrected chi connectivity index (χ3v) is 11.8. The lowest BCUT2D eigenvalue weighted by molar-refractivity contribution is -0.154. The predicted molar refractivity (Wildman–Crippen MR) is 159 cm³/mol. The van der Waals surface area contributed by atoms with Crippen molar-refractivity contribution in [2.45, 2.75) is 132 Å². The number of amides is 2. The molecule has 1 saturated carbocycles. The molecular weight excluding hydrogens is 582 g/mol. The number of hydrogen-bond donors (Lipinski definition) is 6. The highest BCUT2D eigenvalue weighted by Crippen LogP contribution is 2.44. The van der Waals surface area contributed by atoms with Gasteiger partial charge in [0.1, 0.15) is 18.4 Å². The molecule has 10 nitrogen and oxygen atoms in total. The van der Waals surface area contributed by atoms with Crippen LogP contribution in [0.3, 0.4) is 0 Å². The van der Waals surface area contributed by atoms with Crippen LogP contribution in [0.4, 0.5) is 13.6 Å². The monoisotopic (exact) mass is 632 g/mol. The molecule has 0 radical (unpaired) electrons. The zero-order valence-corrected chi connectivity index (χ0v) is 26.5. The van der Waals surface area contributed by atoms with Crippen LogP contribution < -0.4 is 21.3 Å². The van der Waals surface area contributed by atoms with E-state index in [-0.39, 0.29) is 49.0 Å². The zero-order valence-electron chi connectivity index (χ0n) is 25.7. The normalized spacial score (nSPS) is 51.5. The molecule has 2 amide bonds. The van der Waals surface area contributed by atoms with Gasteiger partial charge >= 0.3 is 6.03 Å². The van der Waals surface area contributed by atoms with Crippen molar-refractivity contribution >= 4 is 17.6 Å². The first-order valence-corrected chi connectivity index (χ1v) is 16.9. The van der Waals surface area contributed by atoms with Gasteiger partial charge in [0.15, 0.2) is 0 Å². The van der Waals surface area contributed by atoms with Crippen molar-refractivity contribution in [1.29, 1.82) is 0 Å². The van der Waals surface area contributed by atoms with Crippen LogP contribution in [0, 0.1) is 23.7 Å². The first-order chi connectivity index (χ1) is 20.5. The molecule has 6 fully saturated rings. The maximum Gasteiger partial charge on any atom is 0.320 e. The number of aliphatic hydroxyl groups is 2. The van der Waals surface area contributed by atoms with Gasteiger partial charge in [-0.05, 0) is 52.0 Å². The van der Waals surface area contributed by atoms with Gasteiger partial charge in [0, 0.05) is 55.0 Å². The van der Waals surface area contributed by atoms with Crippen molar-refractivity contribution < 1.29 is 28.5 Å². The van der Waals surface area contributed by atoms with Gasteiger partial charge < -0.3 is 35.8 Å². The number of ether oxygens (including phenoxy) is 1. The van der Waals surface area contributed by atoms with Crippen molar-refractivity contribution in [3.63, 3.8) is 0 Å². The van der Waals surface area contributed by atoms with Gasteiger partial charge in [0.25, 0.3) is 0 Å². The molecule has 0 aromatic heterocycles. The summed E-state index contributed by atoms with van der Waals surface area (Å²) < 4.78 is 38.7. The molecule has 0 aromatic carbocycles. The Bertz CT molecular complexity index is 1000. The summed E-state index contributed by atoms with van der Waals surface area (Å²) in [5, 5.41) is 35.9. The highest BCUT2D eigenvalue weighted by molar-refractivity contribution is 6.21. The van der Waals surface area contributed by atoms with Crippen LogP contribution in [0.1, 0.15) is 53.4 Å². The summed E-state index contributed by atoms with van der Waals surface area (Å²) in [7, 11) is 0. The van der Waals surface area contributed by atoms with E-state index < -0.39 is 72.3 Å². The Kier molecular flexibility index (Phi) is 9.51. The number of aliphatic hydroxyl groups excluding tert-OH is 2. The molecule has 14 unspecified atom stereocenters. The van der Waals surface area contributed by atoms with E-state index in [0.29, 0.717) is 32.4 Å². The van der Waals surface area contributed by atoms with Gasteiger partial charge in [-0.25, -0.2) is 13.6 Å². The Labute approximate surface area is 259 Å². The lowest BCUT2D eigenvalue weighted by atomic mass is 9.71. The second kappa shape index (κ2) is 12.7. The van der Waals surface area contributed by atoms with Crippen LogP contribution in [0.15, 0.2) is 0 Å². The smallest absolute Gasteiger partial charge is 0.320 e. The highest BCUT2D eigenvalue weighted by Gasteiger charge is 2.59. The van der Waals surface area contributed by atoms with E-state index in [1.807, 2.05) is 0 Å². The molecule has 6 N–H and O–H groups in total. The van der Waals surface area contributed by atoms with Gasteiger partial charge in [-0.3, -0.25) is 10.2 Å². The van der Waals surface area contributed by atoms with Crippen LogP contribution in [0.25, 0.3) is 0 Å². The van der Waals surface area contributed by atoms with Crippen LogP contribution >= 0.6 is 11.6 Å². The fourth-order valence-electron chi connectivity index (χ4n) is 9.13. The number of piperazine rings is 1. The highest BCUT2D eigenvalue weighted by atomic mass is 35.5. The molecule has 43 heavy (non-hydrogen) atoms. The average molecular weight is 633 g/mol. The number of halogens is 3. The predicted octanol–water partition coefficient (Wildman–Crippen LogP) is 1.14. The van der Waals surface area contributed by atoms with E-state index in [2.05, 4.69) is 53.9 Å². The summed E-state index contributed by atoms with van der Waals surface area (Å²) >= 11 is 6.44. The van der Waals surface area contributed by atoms with Gasteiger partial charge in [-0.2, -0.15) is 0 Å². The first kappa shape index (κ1) is 32.1. The molecular formula is C30H51ClF2N6O4. The molecule has 6 rings (SSSR count). The maximum absolute atomic E-state index is 16.5. The summed E-state index contributed by atoms with van der Waals surface area (Å²) in [5.41, 5.74) is 0. The number of rotatable bonds is 2. The van der Waals surface area contributed by atoms with Gasteiger partial charge in [-0.15, -0.1) is 11.6 Å². The molecule has 13 heteroatoms. The second-order valence-corrected chi connectivity index (χ2v) is 15.0. The Balaban J connectivity index is 1.45. The molecule has 0 aromatic rings. The molecule has 1 aliphatic carbocycles. The number of urea groups is 1. The van der Waals surface area contributed by atoms with E-state index in [9.17, 15) is 15.0 Å². The number of hydrogen-bond acceptors (Lipinski definition) is 8. The first-order valence-electron chi connectivity index (χ1n) is 16.4. The SMILES string of the molecule is CC(C)C1NCCC2C(O)C(O)COC3CCC(Cl)C(F)C3C3NC4C(CC3F)C(N3C[C@@H](C)NC[C@@H]3C)NC(=O)N4C21. The van der Waals surface area contributed by atoms with Crippen LogP contribution in [-0.2, 0) is 4.74 Å². The van der Waals surface area contributed by atoms with E-state index in [1.54, 1.807) is 4.90 Å². The minimum Gasteiger partial charge on any atom is -0.390 e. The molecule has 5 saturated heterocycles. The Morgan fingerprint density at radius 2 is 1.84 bits per heavy atom. The maximum atomic E-state index is 16.5. The summed E-state index contributed by atoms with van der Waals surface area (Å²) in [4.78, 5) is 18.4. The summed E-state index contributed by atoms with van der Waals surface area (Å²) in [6, 6.07) is -1.58. The average Bonchev–Trinajstić information content (AvgIpc) is 2.97. The minimum atomic E-state index is -1.53. The van der Waals surface area contributed by atoms with Gasteiger partial charge in [-0.1, -0.05) is 13.8 Å². The van der Waals surface area contributed by atoms with E-state index in [1.165, 1.54) is 0 Å². The number of nitrogens with one attached hydrogen (secondary N) is 4. The minimum absolute atomic E-state index is 0.0996. The number of carbonyl (C=O) groups excluding carboxylic acids is 1. The lowest BCUT2D eigenvalue weighted by Gasteiger charge is -2.60. The van der Waals surface area contributed by atoms with Gasteiger partial charge in [0.05, 0.1) is 42.6 Å². The number of nitrogens with zero attached hydrogens (tertiary/aromatic N) is 2. The lowest BCUT2D eigenvalue weighted by Crippen LogP contribution is -2.80. The Morgan fingerprint density at radius 1 is 1.07 bits per heavy atom. The van der Waals surface area contributed by atoms with E-state index in [0.717, 1.165) is 6.54 Å². The van der Waals surface area contributed by atoms with Crippen molar-refractivity contribution in [1.82, 2.24) is 31.1 Å². The standard InChI is InChI=1S/C30H51ClF2N6O4/c1-13(2)24-26-16(7-8-34-24)27(41)20(40)12-43-21-6-5-18(31)23(33)22(21)25-19(32)9-17-28(37-30(42)39(26)29(17)36-25)38-11-14(3)35-10-15(38)4/h13-29,34-36,40-41H,5-12H2,1-4H3,(H,37,42)/t14-,15+,16?,17?,18?,19?,20?,21?,22?,23?,24?,25?,26?,27?,28?,29?/m1/s1. The Morgan fingerprint density at radius 3 is 2.58 bits per heavy atom. The fraction of sp³-hybridized carbons (Fsp3) is 0.967. The van der Waals surface area contributed by atoms with Gasteiger partial charge in [0.2, 0.25) is 0 Å². The van der Waals surface area contributed by atoms with Crippen LogP contribution in [-0.4, -0.2) is 131 Å². The van der Waals surface area contributed by atoms with Crippen molar-refractivity contribution in [2.24, 2.45) is 23.7 Å². The summed E-state index contributed by atoms with van der Waals surface area (Å²) in [5.74, 6) is -1.59. The van der Waals surface area contributed by atoms with E-state index >= 15 is 8.78 Å². The number of carbonyl (C=O) groups is 1. The number of alkyl halides is 3. The molecule has 16 atom stereocenters. The van der Waals surface area contributed by atoms with Crippen molar-refractivity contribution in [2.75, 3.05) is 26.2 Å². The second-order valence-electron chi connectivity index (χ2n) is 14.4. The van der Waals surface area contributed by atoms with Crippen LogP contribution in [0.5, 0.6) is 0 Å². The van der Waals surface area contributed by atoms with E-state index in [4.69, 9.17) is 16.3 Å². The summed E-state index contributed by atoms with van der Waals surface area (Å²) in [6.07, 6.45) is -5.55. The fourth-order valence-corrected chi connectivity index (χ4v) is 9.42. The summed E-state index contributed by atoms with van der Waals surface area (Å²) in [6.45, 7) is 10.2. The number of fused-ring (bicyclic) bond motifs is 5. The van der Waals surface area contributed by atoms with Crippen molar-refractivity contribution in [3.05, 3.63) is 0 Å². The largest absolute Gasteiger partial charge is 0.390 e. The molecule has 5 aliphatic heterocycles. The zero-order chi connectivity index (χ0) is 30.7. The third-order valence-electron chi connectivity index (χ3n) is 11.3. The Hall–Kier alpha value is -0.860. The molecule has 5 heterocycles. The topological polar surface area (TPSA) is 121 Å². The molecule has 246 valence electrons. The third kappa shape index (κ3) is 5.81. The molecule has 6 aliphatic rings. The number of piperidine rings is 2.